The predicted octanol–water partition coefficient (Wildman–Crippen LogP) is 5.05. The molecule has 0 aliphatic carbocycles. The molecule has 4 rings (SSSR count). The Morgan fingerprint density at radius 1 is 1.24 bits per heavy atom. The van der Waals surface area contributed by atoms with Crippen LogP contribution in [-0.4, -0.2) is 31.0 Å². The minimum absolute atomic E-state index is 0.0556. The third-order valence-corrected chi connectivity index (χ3v) is 6.02. The van der Waals surface area contributed by atoms with E-state index in [2.05, 4.69) is 25.5 Å². The summed E-state index contributed by atoms with van der Waals surface area (Å²) < 4.78 is 0.689. The lowest BCUT2D eigenvalue weighted by Crippen LogP contribution is -1.95. The summed E-state index contributed by atoms with van der Waals surface area (Å²) in [5, 5.41) is 32.1. The van der Waals surface area contributed by atoms with Crippen molar-refractivity contribution in [1.82, 2.24) is 20.2 Å². The number of aliphatic hydroxyl groups is 1. The van der Waals surface area contributed by atoms with Crippen LogP contribution in [0.2, 0.25) is 0 Å². The van der Waals surface area contributed by atoms with Gasteiger partial charge in [-0.2, -0.15) is 5.26 Å². The molecule has 3 N–H and O–H groups in total. The van der Waals surface area contributed by atoms with E-state index >= 15 is 0 Å². The number of anilines is 2. The number of thioether (sulfide) groups is 1. The second kappa shape index (κ2) is 8.34. The average Bonchev–Trinajstić information content (AvgIpc) is 3.33. The summed E-state index contributed by atoms with van der Waals surface area (Å²) in [5.74, 6) is 0.491. The number of nitrogens with zero attached hydrogens (tertiary/aromatic N) is 4. The first-order valence-corrected chi connectivity index (χ1v) is 10.5. The van der Waals surface area contributed by atoms with Crippen molar-refractivity contribution in [2.75, 3.05) is 11.1 Å². The van der Waals surface area contributed by atoms with Crippen molar-refractivity contribution in [2.45, 2.75) is 11.3 Å². The van der Waals surface area contributed by atoms with Gasteiger partial charge in [-0.05, 0) is 36.8 Å². The van der Waals surface area contributed by atoms with E-state index in [1.54, 1.807) is 0 Å². The average molecular weight is 421 g/mol. The van der Waals surface area contributed by atoms with Crippen LogP contribution in [0.5, 0.6) is 0 Å². The predicted molar refractivity (Wildman–Crippen MR) is 116 cm³/mol. The summed E-state index contributed by atoms with van der Waals surface area (Å²) in [6, 6.07) is 17.5. The fourth-order valence-corrected chi connectivity index (χ4v) is 4.34. The lowest BCUT2D eigenvalue weighted by Gasteiger charge is -2.02. The summed E-state index contributed by atoms with van der Waals surface area (Å²) in [6.45, 7) is 2.02. The Morgan fingerprint density at radius 3 is 2.90 bits per heavy atom. The highest BCUT2D eigenvalue weighted by molar-refractivity contribution is 8.01. The van der Waals surface area contributed by atoms with Crippen molar-refractivity contribution >= 4 is 50.5 Å². The zero-order valence-electron chi connectivity index (χ0n) is 15.4. The summed E-state index contributed by atoms with van der Waals surface area (Å²) in [4.78, 5) is 7.44. The number of aliphatic hydroxyl groups excluding tert-OH is 1. The first-order valence-electron chi connectivity index (χ1n) is 8.69. The molecule has 0 aliphatic rings. The third-order valence-electron chi connectivity index (χ3n) is 4.03. The van der Waals surface area contributed by atoms with E-state index in [1.165, 1.54) is 23.1 Å². The standard InChI is InChI=1S/C20H16N6OS2/c1-12-5-4-6-13(9-12)22-19-25-26-20(29-19)28-11-17(27)14(10-21)18-23-15-7-2-3-8-16(15)24-18/h2-9,27H,11H2,1H3,(H,22,25)(H,23,24)/b17-14-. The Kier molecular flexibility index (Phi) is 5.46. The second-order valence-corrected chi connectivity index (χ2v) is 8.39. The van der Waals surface area contributed by atoms with Crippen LogP contribution in [0.15, 0.2) is 58.6 Å². The topological polar surface area (TPSA) is 111 Å². The Labute approximate surface area is 175 Å². The maximum absolute atomic E-state index is 10.4. The minimum atomic E-state index is -0.0556. The van der Waals surface area contributed by atoms with Crippen molar-refractivity contribution in [3.8, 4) is 6.07 Å². The Balaban J connectivity index is 1.46. The molecule has 0 amide bonds. The number of rotatable bonds is 6. The summed E-state index contributed by atoms with van der Waals surface area (Å²) in [7, 11) is 0. The van der Waals surface area contributed by atoms with E-state index in [-0.39, 0.29) is 17.1 Å². The first-order chi connectivity index (χ1) is 14.1. The molecule has 7 nitrogen and oxygen atoms in total. The number of hydrogen-bond donors (Lipinski definition) is 3. The van der Waals surface area contributed by atoms with Crippen LogP contribution in [-0.2, 0) is 0 Å². The van der Waals surface area contributed by atoms with Crippen molar-refractivity contribution in [2.24, 2.45) is 0 Å². The van der Waals surface area contributed by atoms with Gasteiger partial charge in [0.05, 0.1) is 16.8 Å². The number of para-hydroxylation sites is 2. The number of imidazole rings is 1. The fraction of sp³-hybridized carbons (Fsp3) is 0.100. The number of allylic oxidation sites excluding steroid dienone is 1. The Hall–Kier alpha value is -3.35. The number of aryl methyl sites for hydroxylation is 1. The van der Waals surface area contributed by atoms with Gasteiger partial charge in [-0.3, -0.25) is 0 Å². The first kappa shape index (κ1) is 19.0. The minimum Gasteiger partial charge on any atom is -0.510 e. The number of H-pyrrole nitrogens is 1. The van der Waals surface area contributed by atoms with Crippen LogP contribution in [0, 0.1) is 18.3 Å². The molecule has 2 aromatic heterocycles. The molecule has 29 heavy (non-hydrogen) atoms. The quantitative estimate of drug-likeness (QED) is 0.227. The molecule has 2 heterocycles. The summed E-state index contributed by atoms with van der Waals surface area (Å²) in [5.41, 5.74) is 3.77. The maximum Gasteiger partial charge on any atom is 0.210 e. The van der Waals surface area contributed by atoms with Gasteiger partial charge in [-0.1, -0.05) is 47.4 Å². The van der Waals surface area contributed by atoms with Gasteiger partial charge in [0.15, 0.2) is 10.2 Å². The Bertz CT molecular complexity index is 1200. The van der Waals surface area contributed by atoms with Gasteiger partial charge in [-0.15, -0.1) is 10.2 Å². The van der Waals surface area contributed by atoms with Crippen molar-refractivity contribution < 1.29 is 5.11 Å². The smallest absolute Gasteiger partial charge is 0.210 e. The lowest BCUT2D eigenvalue weighted by atomic mass is 10.2. The van der Waals surface area contributed by atoms with Gasteiger partial charge in [0.2, 0.25) is 5.13 Å². The number of benzene rings is 2. The molecule has 0 aliphatic heterocycles. The van der Waals surface area contributed by atoms with Crippen molar-refractivity contribution in [1.29, 1.82) is 5.26 Å². The monoisotopic (exact) mass is 420 g/mol. The van der Waals surface area contributed by atoms with E-state index in [0.29, 0.717) is 15.3 Å². The second-order valence-electron chi connectivity index (χ2n) is 6.19. The third kappa shape index (κ3) is 4.39. The largest absolute Gasteiger partial charge is 0.510 e. The van der Waals surface area contributed by atoms with E-state index in [1.807, 2.05) is 61.5 Å². The molecule has 0 radical (unpaired) electrons. The van der Waals surface area contributed by atoms with Crippen LogP contribution in [0.25, 0.3) is 16.6 Å². The molecule has 0 unspecified atom stereocenters. The highest BCUT2D eigenvalue weighted by atomic mass is 32.2. The lowest BCUT2D eigenvalue weighted by molar-refractivity contribution is 0.420. The molecule has 0 fully saturated rings. The highest BCUT2D eigenvalue weighted by Crippen LogP contribution is 2.30. The summed E-state index contributed by atoms with van der Waals surface area (Å²) >= 11 is 2.70. The number of aromatic amines is 1. The molecule has 9 heteroatoms. The van der Waals surface area contributed by atoms with Crippen LogP contribution >= 0.6 is 23.1 Å². The molecular formula is C20H16N6OS2. The molecule has 0 saturated carbocycles. The van der Waals surface area contributed by atoms with Gasteiger partial charge in [0.25, 0.3) is 0 Å². The molecule has 4 aromatic rings. The van der Waals surface area contributed by atoms with Gasteiger partial charge >= 0.3 is 0 Å². The Morgan fingerprint density at radius 2 is 2.10 bits per heavy atom. The normalized spacial score (nSPS) is 11.9. The van der Waals surface area contributed by atoms with E-state index in [4.69, 9.17) is 0 Å². The molecule has 0 saturated heterocycles. The SMILES string of the molecule is Cc1cccc(Nc2nnc(SC/C(O)=C(\C#N)c3nc4ccccc4[nH]3)s2)c1. The highest BCUT2D eigenvalue weighted by Gasteiger charge is 2.14. The van der Waals surface area contributed by atoms with Crippen LogP contribution < -0.4 is 5.32 Å². The van der Waals surface area contributed by atoms with E-state index < -0.39 is 0 Å². The van der Waals surface area contributed by atoms with Crippen LogP contribution in [0.3, 0.4) is 0 Å². The summed E-state index contributed by atoms with van der Waals surface area (Å²) in [6.07, 6.45) is 0. The van der Waals surface area contributed by atoms with Gasteiger partial charge in [0, 0.05) is 5.69 Å². The van der Waals surface area contributed by atoms with E-state index in [9.17, 15) is 10.4 Å². The van der Waals surface area contributed by atoms with Gasteiger partial charge in [-0.25, -0.2) is 4.98 Å². The number of fused-ring (bicyclic) bond motifs is 1. The van der Waals surface area contributed by atoms with Gasteiger partial charge in [0.1, 0.15) is 17.4 Å². The number of aromatic nitrogens is 4. The van der Waals surface area contributed by atoms with Crippen LogP contribution in [0.4, 0.5) is 10.8 Å². The van der Waals surface area contributed by atoms with E-state index in [0.717, 1.165) is 22.3 Å². The number of hydrogen-bond acceptors (Lipinski definition) is 8. The maximum atomic E-state index is 10.4. The van der Waals surface area contributed by atoms with Crippen molar-refractivity contribution in [3.63, 3.8) is 0 Å². The molecule has 0 atom stereocenters. The molecule has 2 aromatic carbocycles. The number of nitriles is 1. The molecule has 0 bridgehead atoms. The van der Waals surface area contributed by atoms with Gasteiger partial charge < -0.3 is 15.4 Å². The van der Waals surface area contributed by atoms with Crippen molar-refractivity contribution in [3.05, 3.63) is 65.7 Å². The molecule has 0 spiro atoms. The fourth-order valence-electron chi connectivity index (χ4n) is 2.69. The zero-order chi connectivity index (χ0) is 20.2. The molecule has 144 valence electrons. The molecular weight excluding hydrogens is 404 g/mol. The number of nitrogens with one attached hydrogen (secondary N) is 2. The zero-order valence-corrected chi connectivity index (χ0v) is 17.0. The van der Waals surface area contributed by atoms with Crippen LogP contribution in [0.1, 0.15) is 11.4 Å².